The molecule has 0 bridgehead atoms. The number of urea groups is 1. The molecule has 0 unspecified atom stereocenters. The summed E-state index contributed by atoms with van der Waals surface area (Å²) >= 11 is 5.66. The number of aryl methyl sites for hydroxylation is 1. The van der Waals surface area contributed by atoms with Gasteiger partial charge in [0, 0.05) is 24.5 Å². The first-order valence-electron chi connectivity index (χ1n) is 8.74. The Balaban J connectivity index is 1.59. The predicted molar refractivity (Wildman–Crippen MR) is 107 cm³/mol. The van der Waals surface area contributed by atoms with E-state index in [0.717, 1.165) is 18.2 Å². The second-order valence-corrected chi connectivity index (χ2v) is 6.95. The fourth-order valence-corrected chi connectivity index (χ4v) is 3.34. The van der Waals surface area contributed by atoms with E-state index >= 15 is 4.39 Å². The second-order valence-electron chi connectivity index (χ2n) is 6.54. The predicted octanol–water partition coefficient (Wildman–Crippen LogP) is 5.42. The minimum atomic E-state index is -4.61. The largest absolute Gasteiger partial charge is 0.417 e. The van der Waals surface area contributed by atoms with Crippen LogP contribution in [0.25, 0.3) is 22.2 Å². The maximum Gasteiger partial charge on any atom is 0.417 e. The Kier molecular flexibility index (Phi) is 5.05. The van der Waals surface area contributed by atoms with Crippen molar-refractivity contribution >= 4 is 39.9 Å². The standard InChI is InChI=1S/C19H13ClF4N6O/c1-30-26-8-14(29-30)10-3-5-13-16(17(10)21)15(7-25-13)28-18(31)27-9-2-4-11(12(20)6-9)19(22,23)24/h2-8,25H,1H3,(H2,27,28,31). The first kappa shape index (κ1) is 20.7. The van der Waals surface area contributed by atoms with E-state index in [1.165, 1.54) is 23.3 Å². The van der Waals surface area contributed by atoms with E-state index in [9.17, 15) is 18.0 Å². The number of carbonyl (C=O) groups is 1. The molecule has 2 aromatic carbocycles. The van der Waals surface area contributed by atoms with Crippen molar-refractivity contribution in [3.8, 4) is 11.3 Å². The summed E-state index contributed by atoms with van der Waals surface area (Å²) < 4.78 is 53.6. The van der Waals surface area contributed by atoms with E-state index in [1.807, 2.05) is 0 Å². The van der Waals surface area contributed by atoms with Crippen molar-refractivity contribution in [1.82, 2.24) is 20.0 Å². The van der Waals surface area contributed by atoms with Crippen LogP contribution in [0.15, 0.2) is 42.7 Å². The van der Waals surface area contributed by atoms with Gasteiger partial charge in [0.25, 0.3) is 0 Å². The van der Waals surface area contributed by atoms with Crippen LogP contribution in [-0.2, 0) is 13.2 Å². The van der Waals surface area contributed by atoms with Crippen LogP contribution in [0.5, 0.6) is 0 Å². The number of anilines is 2. The van der Waals surface area contributed by atoms with E-state index in [-0.39, 0.29) is 22.3 Å². The van der Waals surface area contributed by atoms with E-state index in [2.05, 4.69) is 25.8 Å². The number of amides is 2. The second kappa shape index (κ2) is 7.58. The maximum atomic E-state index is 15.2. The summed E-state index contributed by atoms with van der Waals surface area (Å²) in [5.41, 5.74) is 0.0919. The zero-order chi connectivity index (χ0) is 22.3. The number of H-pyrrole nitrogens is 1. The Hall–Kier alpha value is -3.60. The number of aromatic amines is 1. The lowest BCUT2D eigenvalue weighted by Gasteiger charge is -2.11. The van der Waals surface area contributed by atoms with Crippen LogP contribution in [-0.4, -0.2) is 26.0 Å². The number of hydrogen-bond acceptors (Lipinski definition) is 3. The maximum absolute atomic E-state index is 15.2. The van der Waals surface area contributed by atoms with Crippen LogP contribution in [0.2, 0.25) is 5.02 Å². The van der Waals surface area contributed by atoms with Gasteiger partial charge in [-0.3, -0.25) is 0 Å². The SMILES string of the molecule is Cn1ncc(-c2ccc3[nH]cc(NC(=O)Nc4ccc(C(F)(F)F)c(Cl)c4)c3c2F)n1. The minimum absolute atomic E-state index is 0.0380. The Morgan fingerprint density at radius 3 is 2.61 bits per heavy atom. The van der Waals surface area contributed by atoms with E-state index in [0.29, 0.717) is 11.2 Å². The summed E-state index contributed by atoms with van der Waals surface area (Å²) in [6, 6.07) is 5.17. The lowest BCUT2D eigenvalue weighted by Crippen LogP contribution is -2.19. The molecule has 0 saturated carbocycles. The van der Waals surface area contributed by atoms with Gasteiger partial charge < -0.3 is 15.6 Å². The van der Waals surface area contributed by atoms with Crippen LogP contribution in [0.4, 0.5) is 33.7 Å². The number of aromatic nitrogens is 4. The molecule has 0 aliphatic rings. The van der Waals surface area contributed by atoms with Gasteiger partial charge in [0.05, 0.1) is 33.4 Å². The molecular weight excluding hydrogens is 440 g/mol. The first-order valence-corrected chi connectivity index (χ1v) is 9.12. The van der Waals surface area contributed by atoms with Gasteiger partial charge in [-0.2, -0.15) is 28.2 Å². The quantitative estimate of drug-likeness (QED) is 0.363. The summed E-state index contributed by atoms with van der Waals surface area (Å²) in [5.74, 6) is -0.618. The van der Waals surface area contributed by atoms with Crippen molar-refractivity contribution in [2.24, 2.45) is 7.05 Å². The Labute approximate surface area is 177 Å². The number of rotatable bonds is 3. The fraction of sp³-hybridized carbons (Fsp3) is 0.105. The highest BCUT2D eigenvalue weighted by molar-refractivity contribution is 6.31. The highest BCUT2D eigenvalue weighted by Gasteiger charge is 2.33. The van der Waals surface area contributed by atoms with Crippen molar-refractivity contribution in [2.75, 3.05) is 10.6 Å². The number of benzene rings is 2. The van der Waals surface area contributed by atoms with Crippen molar-refractivity contribution in [1.29, 1.82) is 0 Å². The molecule has 0 atom stereocenters. The number of hydrogen-bond donors (Lipinski definition) is 3. The average Bonchev–Trinajstić information content (AvgIpc) is 3.28. The molecule has 2 heterocycles. The molecule has 2 amide bonds. The lowest BCUT2D eigenvalue weighted by molar-refractivity contribution is -0.137. The van der Waals surface area contributed by atoms with Crippen LogP contribution in [0.3, 0.4) is 0 Å². The molecule has 4 aromatic rings. The van der Waals surface area contributed by atoms with Crippen LogP contribution in [0.1, 0.15) is 5.56 Å². The fourth-order valence-electron chi connectivity index (χ4n) is 3.05. The Morgan fingerprint density at radius 2 is 1.97 bits per heavy atom. The molecule has 7 nitrogen and oxygen atoms in total. The number of fused-ring (bicyclic) bond motifs is 1. The van der Waals surface area contributed by atoms with Gasteiger partial charge in [-0.05, 0) is 30.3 Å². The number of nitrogens with zero attached hydrogens (tertiary/aromatic N) is 3. The van der Waals surface area contributed by atoms with E-state index < -0.39 is 28.6 Å². The van der Waals surface area contributed by atoms with Gasteiger partial charge in [-0.1, -0.05) is 11.6 Å². The van der Waals surface area contributed by atoms with Crippen LogP contribution < -0.4 is 10.6 Å². The van der Waals surface area contributed by atoms with Crippen LogP contribution >= 0.6 is 11.6 Å². The van der Waals surface area contributed by atoms with Crippen molar-refractivity contribution in [3.05, 3.63) is 59.1 Å². The molecule has 31 heavy (non-hydrogen) atoms. The molecule has 4 rings (SSSR count). The normalized spacial score (nSPS) is 11.7. The number of carbonyl (C=O) groups excluding carboxylic acids is 1. The molecule has 0 radical (unpaired) electrons. The van der Waals surface area contributed by atoms with Gasteiger partial charge in [-0.15, -0.1) is 0 Å². The highest BCUT2D eigenvalue weighted by Crippen LogP contribution is 2.36. The zero-order valence-electron chi connectivity index (χ0n) is 15.7. The highest BCUT2D eigenvalue weighted by atomic mass is 35.5. The molecule has 12 heteroatoms. The van der Waals surface area contributed by atoms with Gasteiger partial charge in [0.1, 0.15) is 11.5 Å². The van der Waals surface area contributed by atoms with Gasteiger partial charge in [0.2, 0.25) is 0 Å². The van der Waals surface area contributed by atoms with Crippen molar-refractivity contribution < 1.29 is 22.4 Å². The summed E-state index contributed by atoms with van der Waals surface area (Å²) in [6.45, 7) is 0. The molecule has 0 spiro atoms. The number of nitrogens with one attached hydrogen (secondary N) is 3. The first-order chi connectivity index (χ1) is 14.6. The molecule has 2 aromatic heterocycles. The molecule has 0 saturated heterocycles. The topological polar surface area (TPSA) is 87.6 Å². The third-order valence-corrected chi connectivity index (χ3v) is 4.75. The van der Waals surface area contributed by atoms with E-state index in [4.69, 9.17) is 11.6 Å². The molecule has 0 fully saturated rings. The molecule has 160 valence electrons. The average molecular weight is 453 g/mol. The smallest absolute Gasteiger partial charge is 0.359 e. The molecular formula is C19H13ClF4N6O. The Bertz CT molecular complexity index is 1300. The van der Waals surface area contributed by atoms with E-state index in [1.54, 1.807) is 13.1 Å². The van der Waals surface area contributed by atoms with Gasteiger partial charge in [-0.25, -0.2) is 9.18 Å². The third kappa shape index (κ3) is 4.04. The summed E-state index contributed by atoms with van der Waals surface area (Å²) in [7, 11) is 1.60. The number of alkyl halides is 3. The van der Waals surface area contributed by atoms with Crippen molar-refractivity contribution in [2.45, 2.75) is 6.18 Å². The zero-order valence-corrected chi connectivity index (χ0v) is 16.4. The lowest BCUT2D eigenvalue weighted by atomic mass is 10.1. The summed E-state index contributed by atoms with van der Waals surface area (Å²) in [5, 5.41) is 12.4. The monoisotopic (exact) mass is 452 g/mol. The Morgan fingerprint density at radius 1 is 1.19 bits per heavy atom. The van der Waals surface area contributed by atoms with Crippen molar-refractivity contribution in [3.63, 3.8) is 0 Å². The van der Waals surface area contributed by atoms with Gasteiger partial charge in [0.15, 0.2) is 0 Å². The minimum Gasteiger partial charge on any atom is -0.359 e. The summed E-state index contributed by atoms with van der Waals surface area (Å²) in [6.07, 6.45) is -1.81. The number of halogens is 5. The third-order valence-electron chi connectivity index (χ3n) is 4.44. The molecule has 3 N–H and O–H groups in total. The molecule has 0 aliphatic carbocycles. The summed E-state index contributed by atoms with van der Waals surface area (Å²) in [4.78, 5) is 16.5. The molecule has 0 aliphatic heterocycles. The van der Waals surface area contributed by atoms with Crippen LogP contribution in [0, 0.1) is 5.82 Å². The van der Waals surface area contributed by atoms with Gasteiger partial charge >= 0.3 is 12.2 Å².